The van der Waals surface area contributed by atoms with Crippen LogP contribution in [0.4, 0.5) is 5.69 Å². The van der Waals surface area contributed by atoms with Crippen molar-refractivity contribution in [3.8, 4) is 17.1 Å². The Morgan fingerprint density at radius 3 is 2.40 bits per heavy atom. The van der Waals surface area contributed by atoms with E-state index in [1.165, 1.54) is 11.1 Å². The number of hydrogen-bond donors (Lipinski definition) is 1. The molecule has 1 aliphatic rings. The highest BCUT2D eigenvalue weighted by atomic mass is 32.1. The second-order valence-corrected chi connectivity index (χ2v) is 9.02. The molecule has 1 aliphatic heterocycles. The fourth-order valence-electron chi connectivity index (χ4n) is 4.52. The number of nitrogens with one attached hydrogen (secondary N) is 1. The summed E-state index contributed by atoms with van der Waals surface area (Å²) < 4.78 is 11.2. The smallest absolute Gasteiger partial charge is 0.258 e. The molecular formula is C28H26N4O2S. The predicted octanol–water partition coefficient (Wildman–Crippen LogP) is 6.23. The minimum atomic E-state index is -0.232. The lowest BCUT2D eigenvalue weighted by Crippen LogP contribution is -2.46. The third-order valence-electron chi connectivity index (χ3n) is 6.07. The monoisotopic (exact) mass is 482 g/mol. The van der Waals surface area contributed by atoms with E-state index in [0.717, 1.165) is 33.8 Å². The van der Waals surface area contributed by atoms with Crippen molar-refractivity contribution in [2.45, 2.75) is 26.8 Å². The van der Waals surface area contributed by atoms with Crippen LogP contribution in [0.2, 0.25) is 0 Å². The van der Waals surface area contributed by atoms with Crippen LogP contribution >= 0.6 is 12.2 Å². The largest absolute Gasteiger partial charge is 0.497 e. The molecule has 176 valence electrons. The Balaban J connectivity index is 1.66. The molecule has 0 fully saturated rings. The van der Waals surface area contributed by atoms with Crippen molar-refractivity contribution in [1.29, 1.82) is 0 Å². The van der Waals surface area contributed by atoms with Crippen LogP contribution in [0.15, 0.2) is 83.0 Å². The molecule has 5 rings (SSSR count). The lowest BCUT2D eigenvalue weighted by atomic mass is 9.94. The topological polar surface area (TPSA) is 63.4 Å². The summed E-state index contributed by atoms with van der Waals surface area (Å²) in [6.07, 6.45) is 0. The summed E-state index contributed by atoms with van der Waals surface area (Å²) in [4.78, 5) is 6.83. The molecule has 1 N–H and O–H groups in total. The molecule has 7 heteroatoms. The van der Waals surface area contributed by atoms with Crippen LogP contribution < -0.4 is 15.0 Å². The lowest BCUT2D eigenvalue weighted by molar-refractivity contribution is 0.403. The van der Waals surface area contributed by atoms with Crippen molar-refractivity contribution in [1.82, 2.24) is 15.5 Å². The van der Waals surface area contributed by atoms with Crippen molar-refractivity contribution >= 4 is 28.6 Å². The molecule has 3 aromatic carbocycles. The average Bonchev–Trinajstić information content (AvgIpc) is 3.33. The van der Waals surface area contributed by atoms with Gasteiger partial charge in [-0.25, -0.2) is 0 Å². The van der Waals surface area contributed by atoms with Crippen LogP contribution in [-0.2, 0) is 0 Å². The van der Waals surface area contributed by atoms with Crippen LogP contribution in [0.25, 0.3) is 17.0 Å². The van der Waals surface area contributed by atoms with Gasteiger partial charge in [-0.1, -0.05) is 53.7 Å². The van der Waals surface area contributed by atoms with Gasteiger partial charge in [0.05, 0.1) is 18.7 Å². The van der Waals surface area contributed by atoms with Crippen LogP contribution in [0.5, 0.6) is 5.75 Å². The number of anilines is 1. The maximum atomic E-state index is 5.86. The molecule has 1 unspecified atom stereocenters. The molecule has 0 spiro atoms. The molecule has 0 saturated heterocycles. The van der Waals surface area contributed by atoms with Crippen molar-refractivity contribution in [3.05, 3.63) is 101 Å². The summed E-state index contributed by atoms with van der Waals surface area (Å²) in [6, 6.07) is 23.9. The third kappa shape index (κ3) is 4.42. The number of benzene rings is 3. The number of allylic oxidation sites excluding steroid dienone is 1. The summed E-state index contributed by atoms with van der Waals surface area (Å²) >= 11 is 5.86. The number of aryl methyl sites for hydroxylation is 2. The SMILES string of the molecule is COc1cccc(-c2noc(C3=C(C)N(c4cc(C)cc(C)c4)C(=S)NC3c3ccccc3)n2)c1. The second-order valence-electron chi connectivity index (χ2n) is 8.63. The van der Waals surface area contributed by atoms with Crippen LogP contribution in [-0.4, -0.2) is 22.4 Å². The molecule has 6 nitrogen and oxygen atoms in total. The first-order valence-corrected chi connectivity index (χ1v) is 11.8. The van der Waals surface area contributed by atoms with Gasteiger partial charge in [0.25, 0.3) is 5.89 Å². The van der Waals surface area contributed by atoms with E-state index in [0.29, 0.717) is 16.8 Å². The molecule has 0 saturated carbocycles. The number of aromatic nitrogens is 2. The van der Waals surface area contributed by atoms with Crippen LogP contribution in [0, 0.1) is 13.8 Å². The number of thiocarbonyl (C=S) groups is 1. The van der Waals surface area contributed by atoms with E-state index in [4.69, 9.17) is 26.5 Å². The average molecular weight is 483 g/mol. The van der Waals surface area contributed by atoms with Gasteiger partial charge in [-0.15, -0.1) is 0 Å². The van der Waals surface area contributed by atoms with E-state index in [2.05, 4.69) is 54.7 Å². The van der Waals surface area contributed by atoms with Gasteiger partial charge in [-0.2, -0.15) is 4.98 Å². The van der Waals surface area contributed by atoms with Crippen molar-refractivity contribution < 1.29 is 9.26 Å². The summed E-state index contributed by atoms with van der Waals surface area (Å²) in [5.74, 6) is 1.67. The molecule has 1 aromatic heterocycles. The number of ether oxygens (including phenoxy) is 1. The quantitative estimate of drug-likeness (QED) is 0.338. The Morgan fingerprint density at radius 2 is 1.69 bits per heavy atom. The number of methoxy groups -OCH3 is 1. The van der Waals surface area contributed by atoms with Gasteiger partial charge in [-0.3, -0.25) is 4.90 Å². The van der Waals surface area contributed by atoms with Crippen LogP contribution in [0.1, 0.15) is 35.5 Å². The summed E-state index contributed by atoms with van der Waals surface area (Å²) in [5, 5.41) is 8.43. The molecule has 2 heterocycles. The molecular weight excluding hydrogens is 456 g/mol. The fourth-order valence-corrected chi connectivity index (χ4v) is 4.88. The van der Waals surface area contributed by atoms with Gasteiger partial charge < -0.3 is 14.6 Å². The Labute approximate surface area is 210 Å². The maximum Gasteiger partial charge on any atom is 0.258 e. The minimum absolute atomic E-state index is 0.232. The number of hydrogen-bond acceptors (Lipinski definition) is 5. The van der Waals surface area contributed by atoms with E-state index >= 15 is 0 Å². The minimum Gasteiger partial charge on any atom is -0.497 e. The highest BCUT2D eigenvalue weighted by Gasteiger charge is 2.34. The first-order chi connectivity index (χ1) is 16.9. The van der Waals surface area contributed by atoms with Crippen LogP contribution in [0.3, 0.4) is 0 Å². The summed E-state index contributed by atoms with van der Waals surface area (Å²) in [6.45, 7) is 6.22. The predicted molar refractivity (Wildman–Crippen MR) is 142 cm³/mol. The van der Waals surface area contributed by atoms with Gasteiger partial charge in [0, 0.05) is 16.9 Å². The van der Waals surface area contributed by atoms with Gasteiger partial charge in [0.15, 0.2) is 5.11 Å². The number of nitrogens with zero attached hydrogens (tertiary/aromatic N) is 3. The Hall–Kier alpha value is -3.97. The zero-order valence-electron chi connectivity index (χ0n) is 20.1. The van der Waals surface area contributed by atoms with Gasteiger partial charge >= 0.3 is 0 Å². The zero-order chi connectivity index (χ0) is 24.5. The van der Waals surface area contributed by atoms with E-state index in [1.807, 2.05) is 54.3 Å². The normalized spacial score (nSPS) is 15.8. The second kappa shape index (κ2) is 9.35. The molecule has 35 heavy (non-hydrogen) atoms. The van der Waals surface area contributed by atoms with E-state index in [-0.39, 0.29) is 6.04 Å². The first-order valence-electron chi connectivity index (χ1n) is 11.4. The molecule has 0 radical (unpaired) electrons. The standard InChI is InChI=1S/C28H26N4O2S/c1-17-13-18(2)15-22(14-17)32-19(3)24(25(29-28(32)35)20-9-6-5-7-10-20)27-30-26(31-34-27)21-11-8-12-23(16-21)33-4/h5-16,25H,1-4H3,(H,29,35). The van der Waals surface area contributed by atoms with Crippen molar-refractivity contribution in [2.24, 2.45) is 0 Å². The van der Waals surface area contributed by atoms with E-state index < -0.39 is 0 Å². The van der Waals surface area contributed by atoms with Crippen molar-refractivity contribution in [3.63, 3.8) is 0 Å². The molecule has 0 amide bonds. The van der Waals surface area contributed by atoms with Gasteiger partial charge in [0.2, 0.25) is 5.82 Å². The Morgan fingerprint density at radius 1 is 0.943 bits per heavy atom. The van der Waals surface area contributed by atoms with Crippen molar-refractivity contribution in [2.75, 3.05) is 12.0 Å². The molecule has 0 bridgehead atoms. The number of rotatable bonds is 5. The van der Waals surface area contributed by atoms with E-state index in [9.17, 15) is 0 Å². The Kier molecular flexibility index (Phi) is 6.09. The van der Waals surface area contributed by atoms with Gasteiger partial charge in [-0.05, 0) is 73.9 Å². The molecule has 0 aliphatic carbocycles. The highest BCUT2D eigenvalue weighted by Crippen LogP contribution is 2.39. The van der Waals surface area contributed by atoms with Gasteiger partial charge in [0.1, 0.15) is 5.75 Å². The lowest BCUT2D eigenvalue weighted by Gasteiger charge is -2.37. The summed E-state index contributed by atoms with van der Waals surface area (Å²) in [7, 11) is 1.64. The van der Waals surface area contributed by atoms with E-state index in [1.54, 1.807) is 7.11 Å². The summed E-state index contributed by atoms with van der Waals surface area (Å²) in [5.41, 5.74) is 7.03. The highest BCUT2D eigenvalue weighted by molar-refractivity contribution is 7.80. The fraction of sp³-hybridized carbons (Fsp3) is 0.179. The molecule has 1 atom stereocenters. The molecule has 4 aromatic rings. The third-order valence-corrected chi connectivity index (χ3v) is 6.37. The first kappa shape index (κ1) is 22.8. The Bertz CT molecular complexity index is 1410. The zero-order valence-corrected chi connectivity index (χ0v) is 20.9. The maximum absolute atomic E-state index is 5.86.